The van der Waals surface area contributed by atoms with E-state index in [2.05, 4.69) is 5.32 Å². The lowest BCUT2D eigenvalue weighted by molar-refractivity contribution is 0.594. The molecule has 21 heavy (non-hydrogen) atoms. The zero-order valence-corrected chi connectivity index (χ0v) is 12.6. The number of nitriles is 1. The normalized spacial score (nSPS) is 10.7. The molecule has 1 N–H and O–H groups in total. The Hall–Kier alpha value is -2.52. The van der Waals surface area contributed by atoms with E-state index in [1.807, 2.05) is 6.07 Å². The van der Waals surface area contributed by atoms with Crippen LogP contribution in [0.25, 0.3) is 0 Å². The van der Waals surface area contributed by atoms with Crippen LogP contribution in [-0.2, 0) is 10.0 Å². The number of para-hydroxylation sites is 1. The SMILES string of the molecule is CNc1ccc(S(=O)(=O)N(C)c2ccccc2C#N)cc1. The fraction of sp³-hybridized carbons (Fsp3) is 0.133. The number of anilines is 2. The number of hydrogen-bond acceptors (Lipinski definition) is 4. The van der Waals surface area contributed by atoms with Crippen molar-refractivity contribution in [1.82, 2.24) is 0 Å². The smallest absolute Gasteiger partial charge is 0.264 e. The minimum absolute atomic E-state index is 0.178. The lowest BCUT2D eigenvalue weighted by atomic mass is 10.2. The van der Waals surface area contributed by atoms with Crippen LogP contribution in [0.2, 0.25) is 0 Å². The molecule has 0 saturated carbocycles. The Labute approximate surface area is 124 Å². The van der Waals surface area contributed by atoms with Gasteiger partial charge in [0.15, 0.2) is 0 Å². The molecule has 0 atom stereocenters. The second-order valence-electron chi connectivity index (χ2n) is 4.38. The summed E-state index contributed by atoms with van der Waals surface area (Å²) in [6, 6.07) is 15.1. The summed E-state index contributed by atoms with van der Waals surface area (Å²) < 4.78 is 26.3. The Morgan fingerprint density at radius 3 is 2.29 bits per heavy atom. The molecule has 0 bridgehead atoms. The van der Waals surface area contributed by atoms with E-state index < -0.39 is 10.0 Å². The summed E-state index contributed by atoms with van der Waals surface area (Å²) in [5, 5.41) is 12.0. The van der Waals surface area contributed by atoms with Gasteiger partial charge in [-0.1, -0.05) is 12.1 Å². The number of rotatable bonds is 4. The van der Waals surface area contributed by atoms with Gasteiger partial charge >= 0.3 is 0 Å². The average Bonchev–Trinajstić information content (AvgIpc) is 2.54. The number of sulfonamides is 1. The van der Waals surface area contributed by atoms with Gasteiger partial charge in [0.2, 0.25) is 0 Å². The Kier molecular flexibility index (Phi) is 4.15. The predicted octanol–water partition coefficient (Wildman–Crippen LogP) is 2.43. The summed E-state index contributed by atoms with van der Waals surface area (Å²) in [6.07, 6.45) is 0. The van der Waals surface area contributed by atoms with Crippen LogP contribution in [0.1, 0.15) is 5.56 Å². The van der Waals surface area contributed by atoms with E-state index in [4.69, 9.17) is 5.26 Å². The molecular formula is C15H15N3O2S. The largest absolute Gasteiger partial charge is 0.388 e. The first-order valence-electron chi connectivity index (χ1n) is 6.26. The van der Waals surface area contributed by atoms with Gasteiger partial charge in [0, 0.05) is 19.8 Å². The maximum absolute atomic E-state index is 12.6. The molecule has 108 valence electrons. The van der Waals surface area contributed by atoms with Crippen molar-refractivity contribution in [2.75, 3.05) is 23.7 Å². The van der Waals surface area contributed by atoms with E-state index in [-0.39, 0.29) is 4.90 Å². The molecular weight excluding hydrogens is 286 g/mol. The minimum atomic E-state index is -3.70. The van der Waals surface area contributed by atoms with E-state index in [0.29, 0.717) is 11.3 Å². The molecule has 2 rings (SSSR count). The first-order chi connectivity index (χ1) is 10.0. The molecule has 6 heteroatoms. The summed E-state index contributed by atoms with van der Waals surface area (Å²) >= 11 is 0. The van der Waals surface area contributed by atoms with Crippen molar-refractivity contribution in [2.45, 2.75) is 4.90 Å². The summed E-state index contributed by atoms with van der Waals surface area (Å²) in [7, 11) is -0.491. The molecule has 5 nitrogen and oxygen atoms in total. The first kappa shape index (κ1) is 14.9. The van der Waals surface area contributed by atoms with E-state index in [9.17, 15) is 8.42 Å². The fourth-order valence-corrected chi connectivity index (χ4v) is 3.14. The van der Waals surface area contributed by atoms with E-state index in [1.165, 1.54) is 19.2 Å². The third kappa shape index (κ3) is 2.83. The highest BCUT2D eigenvalue weighted by Gasteiger charge is 2.22. The standard InChI is InChI=1S/C15H15N3O2S/c1-17-13-7-9-14(10-8-13)21(19,20)18(2)15-6-4-3-5-12(15)11-16/h3-10,17H,1-2H3. The first-order valence-corrected chi connectivity index (χ1v) is 7.70. The van der Waals surface area contributed by atoms with Crippen molar-refractivity contribution in [3.63, 3.8) is 0 Å². The molecule has 0 amide bonds. The van der Waals surface area contributed by atoms with Gasteiger partial charge in [0.25, 0.3) is 10.0 Å². The predicted molar refractivity (Wildman–Crippen MR) is 82.7 cm³/mol. The highest BCUT2D eigenvalue weighted by atomic mass is 32.2. The second-order valence-corrected chi connectivity index (χ2v) is 6.35. The van der Waals surface area contributed by atoms with E-state index in [1.54, 1.807) is 43.4 Å². The Bertz CT molecular complexity index is 777. The third-order valence-electron chi connectivity index (χ3n) is 3.17. The lowest BCUT2D eigenvalue weighted by Crippen LogP contribution is -2.27. The van der Waals surface area contributed by atoms with Crippen LogP contribution in [0.3, 0.4) is 0 Å². The summed E-state index contributed by atoms with van der Waals surface area (Å²) in [5.74, 6) is 0. The molecule has 0 aliphatic carbocycles. The van der Waals surface area contributed by atoms with Gasteiger partial charge in [-0.3, -0.25) is 4.31 Å². The zero-order valence-electron chi connectivity index (χ0n) is 11.7. The Morgan fingerprint density at radius 2 is 1.71 bits per heavy atom. The van der Waals surface area contributed by atoms with Gasteiger partial charge in [0.05, 0.1) is 16.1 Å². The van der Waals surface area contributed by atoms with Gasteiger partial charge in [-0.15, -0.1) is 0 Å². The van der Waals surface area contributed by atoms with Crippen molar-refractivity contribution in [3.05, 3.63) is 54.1 Å². The summed E-state index contributed by atoms with van der Waals surface area (Å²) in [6.45, 7) is 0. The van der Waals surface area contributed by atoms with Crippen LogP contribution in [-0.4, -0.2) is 22.5 Å². The van der Waals surface area contributed by atoms with Crippen molar-refractivity contribution in [3.8, 4) is 6.07 Å². The molecule has 2 aromatic rings. The van der Waals surface area contributed by atoms with Crippen LogP contribution < -0.4 is 9.62 Å². The molecule has 2 aromatic carbocycles. The maximum atomic E-state index is 12.6. The van der Waals surface area contributed by atoms with Gasteiger partial charge in [0.1, 0.15) is 6.07 Å². The second kappa shape index (κ2) is 5.85. The number of nitrogens with one attached hydrogen (secondary N) is 1. The number of benzene rings is 2. The number of hydrogen-bond donors (Lipinski definition) is 1. The lowest BCUT2D eigenvalue weighted by Gasteiger charge is -2.20. The van der Waals surface area contributed by atoms with Crippen LogP contribution in [0, 0.1) is 11.3 Å². The van der Waals surface area contributed by atoms with Crippen LogP contribution in [0.15, 0.2) is 53.4 Å². The van der Waals surface area contributed by atoms with Gasteiger partial charge < -0.3 is 5.32 Å². The summed E-state index contributed by atoms with van der Waals surface area (Å²) in [5.41, 5.74) is 1.50. The molecule has 0 saturated heterocycles. The van der Waals surface area contributed by atoms with Gasteiger partial charge in [-0.25, -0.2) is 8.42 Å². The molecule has 0 fully saturated rings. The molecule has 0 heterocycles. The van der Waals surface area contributed by atoms with Crippen LogP contribution in [0.4, 0.5) is 11.4 Å². The zero-order chi connectivity index (χ0) is 15.5. The van der Waals surface area contributed by atoms with Crippen molar-refractivity contribution < 1.29 is 8.42 Å². The number of nitrogens with zero attached hydrogens (tertiary/aromatic N) is 2. The van der Waals surface area contributed by atoms with Crippen molar-refractivity contribution >= 4 is 21.4 Å². The highest BCUT2D eigenvalue weighted by molar-refractivity contribution is 7.92. The maximum Gasteiger partial charge on any atom is 0.264 e. The third-order valence-corrected chi connectivity index (χ3v) is 4.95. The molecule has 0 unspecified atom stereocenters. The molecule has 0 aliphatic rings. The Morgan fingerprint density at radius 1 is 1.10 bits per heavy atom. The molecule has 0 aromatic heterocycles. The Balaban J connectivity index is 2.45. The minimum Gasteiger partial charge on any atom is -0.388 e. The van der Waals surface area contributed by atoms with Gasteiger partial charge in [-0.05, 0) is 36.4 Å². The average molecular weight is 301 g/mol. The van der Waals surface area contributed by atoms with Crippen molar-refractivity contribution in [2.24, 2.45) is 0 Å². The van der Waals surface area contributed by atoms with Gasteiger partial charge in [-0.2, -0.15) is 5.26 Å². The van der Waals surface area contributed by atoms with Crippen LogP contribution >= 0.6 is 0 Å². The molecule has 0 radical (unpaired) electrons. The van der Waals surface area contributed by atoms with E-state index in [0.717, 1.165) is 9.99 Å². The van der Waals surface area contributed by atoms with E-state index >= 15 is 0 Å². The highest BCUT2D eigenvalue weighted by Crippen LogP contribution is 2.25. The summed E-state index contributed by atoms with van der Waals surface area (Å²) in [4.78, 5) is 0.178. The van der Waals surface area contributed by atoms with Crippen molar-refractivity contribution in [1.29, 1.82) is 5.26 Å². The monoisotopic (exact) mass is 301 g/mol. The molecule has 0 aliphatic heterocycles. The topological polar surface area (TPSA) is 73.2 Å². The van der Waals surface area contributed by atoms with Crippen LogP contribution in [0.5, 0.6) is 0 Å². The fourth-order valence-electron chi connectivity index (χ4n) is 1.92. The quantitative estimate of drug-likeness (QED) is 0.941. The molecule has 0 spiro atoms.